The molecule has 1 atom stereocenters. The molecule has 1 N–H and O–H groups in total. The van der Waals surface area contributed by atoms with Gasteiger partial charge in [-0.1, -0.05) is 37.3 Å². The van der Waals surface area contributed by atoms with Gasteiger partial charge in [-0.2, -0.15) is 0 Å². The van der Waals surface area contributed by atoms with E-state index in [0.29, 0.717) is 0 Å². The topological polar surface area (TPSA) is 32.3 Å². The Labute approximate surface area is 167 Å². The van der Waals surface area contributed by atoms with Crippen LogP contribution in [-0.2, 0) is 11.3 Å². The van der Waals surface area contributed by atoms with E-state index in [9.17, 15) is 9.18 Å². The van der Waals surface area contributed by atoms with Gasteiger partial charge < -0.3 is 5.32 Å². The minimum Gasteiger partial charge on any atom is -0.349 e. The summed E-state index contributed by atoms with van der Waals surface area (Å²) in [6.07, 6.45) is 2.63. The molecule has 1 heterocycles. The molecule has 1 saturated heterocycles. The molecule has 0 aliphatic carbocycles. The van der Waals surface area contributed by atoms with Crippen LogP contribution in [0, 0.1) is 25.6 Å². The first kappa shape index (κ1) is 20.5. The van der Waals surface area contributed by atoms with Crippen LogP contribution in [0.15, 0.2) is 42.5 Å². The Morgan fingerprint density at radius 2 is 1.79 bits per heavy atom. The van der Waals surface area contributed by atoms with Crippen molar-refractivity contribution in [3.8, 4) is 0 Å². The molecule has 0 radical (unpaired) electrons. The van der Waals surface area contributed by atoms with Gasteiger partial charge in [0, 0.05) is 12.5 Å². The number of nitrogens with one attached hydrogen (secondary N) is 1. The van der Waals surface area contributed by atoms with E-state index in [2.05, 4.69) is 49.2 Å². The highest BCUT2D eigenvalue weighted by Gasteiger charge is 2.26. The van der Waals surface area contributed by atoms with Gasteiger partial charge in [-0.3, -0.25) is 9.69 Å². The van der Waals surface area contributed by atoms with Crippen LogP contribution in [0.3, 0.4) is 0 Å². The van der Waals surface area contributed by atoms with E-state index in [4.69, 9.17) is 0 Å². The molecule has 0 aromatic heterocycles. The van der Waals surface area contributed by atoms with Crippen molar-refractivity contribution in [3.05, 3.63) is 70.5 Å². The number of aryl methyl sites for hydroxylation is 2. The van der Waals surface area contributed by atoms with Crippen LogP contribution in [0.2, 0.25) is 0 Å². The monoisotopic (exact) mass is 382 g/mol. The van der Waals surface area contributed by atoms with Crippen molar-refractivity contribution in [2.24, 2.45) is 5.92 Å². The van der Waals surface area contributed by atoms with Crippen LogP contribution in [-0.4, -0.2) is 23.9 Å². The van der Waals surface area contributed by atoms with E-state index in [-0.39, 0.29) is 23.7 Å². The second-order valence-electron chi connectivity index (χ2n) is 7.99. The Kier molecular flexibility index (Phi) is 6.84. The van der Waals surface area contributed by atoms with E-state index in [0.717, 1.165) is 44.5 Å². The zero-order chi connectivity index (χ0) is 20.1. The molecule has 150 valence electrons. The lowest BCUT2D eigenvalue weighted by molar-refractivity contribution is -0.127. The van der Waals surface area contributed by atoms with Gasteiger partial charge in [0.15, 0.2) is 0 Å². The highest BCUT2D eigenvalue weighted by Crippen LogP contribution is 2.23. The number of benzene rings is 2. The van der Waals surface area contributed by atoms with Crippen LogP contribution in [0.25, 0.3) is 0 Å². The number of nitrogens with zero attached hydrogens (tertiary/aromatic N) is 1. The summed E-state index contributed by atoms with van der Waals surface area (Å²) in [5.74, 6) is 0.0463. The maximum Gasteiger partial charge on any atom is 0.223 e. The second-order valence-corrected chi connectivity index (χ2v) is 7.99. The van der Waals surface area contributed by atoms with E-state index in [1.165, 1.54) is 28.8 Å². The fraction of sp³-hybridized carbons (Fsp3) is 0.458. The van der Waals surface area contributed by atoms with Gasteiger partial charge >= 0.3 is 0 Å². The van der Waals surface area contributed by atoms with Gasteiger partial charge in [-0.25, -0.2) is 4.39 Å². The zero-order valence-corrected chi connectivity index (χ0v) is 17.2. The molecule has 4 heteroatoms. The molecular formula is C24H31FN2O. The minimum atomic E-state index is -0.201. The Bertz CT molecular complexity index is 795. The summed E-state index contributed by atoms with van der Waals surface area (Å²) in [7, 11) is 0. The Morgan fingerprint density at radius 3 is 2.39 bits per heavy atom. The average molecular weight is 383 g/mol. The number of amides is 1. The summed E-state index contributed by atoms with van der Waals surface area (Å²) in [4.78, 5) is 15.2. The molecule has 1 unspecified atom stereocenters. The summed E-state index contributed by atoms with van der Waals surface area (Å²) >= 11 is 0. The molecule has 2 aromatic rings. The first-order valence-corrected chi connectivity index (χ1v) is 10.3. The van der Waals surface area contributed by atoms with Crippen molar-refractivity contribution >= 4 is 5.91 Å². The van der Waals surface area contributed by atoms with E-state index in [1.54, 1.807) is 0 Å². The largest absolute Gasteiger partial charge is 0.349 e. The fourth-order valence-corrected chi connectivity index (χ4v) is 3.89. The molecule has 1 aliphatic rings. The molecule has 3 rings (SSSR count). The van der Waals surface area contributed by atoms with E-state index < -0.39 is 0 Å². The van der Waals surface area contributed by atoms with Gasteiger partial charge in [0.1, 0.15) is 5.82 Å². The van der Waals surface area contributed by atoms with E-state index in [1.807, 2.05) is 12.1 Å². The molecule has 28 heavy (non-hydrogen) atoms. The third kappa shape index (κ3) is 5.20. The summed E-state index contributed by atoms with van der Waals surface area (Å²) in [5, 5.41) is 3.27. The molecule has 1 fully saturated rings. The van der Waals surface area contributed by atoms with Crippen molar-refractivity contribution in [2.45, 2.75) is 52.6 Å². The standard InChI is InChI=1S/C24H31FN2O/c1-4-23(21-8-5-17(2)18(3)15-21)26-24(28)20-11-13-27(14-12-20)16-19-6-9-22(25)10-7-19/h5-10,15,20,23H,4,11-14,16H2,1-3H3,(H,26,28). The number of likely N-dealkylation sites (tertiary alicyclic amines) is 1. The van der Waals surface area contributed by atoms with E-state index >= 15 is 0 Å². The van der Waals surface area contributed by atoms with Gasteiger partial charge in [-0.05, 0) is 80.6 Å². The summed E-state index contributed by atoms with van der Waals surface area (Å²) in [5.41, 5.74) is 4.84. The van der Waals surface area contributed by atoms with Crippen LogP contribution >= 0.6 is 0 Å². The van der Waals surface area contributed by atoms with Crippen LogP contribution in [0.1, 0.15) is 54.5 Å². The molecule has 2 aromatic carbocycles. The number of hydrogen-bond donors (Lipinski definition) is 1. The lowest BCUT2D eigenvalue weighted by atomic mass is 9.94. The third-order valence-corrected chi connectivity index (χ3v) is 5.94. The highest BCUT2D eigenvalue weighted by atomic mass is 19.1. The number of halogens is 1. The molecule has 0 bridgehead atoms. The maximum absolute atomic E-state index is 13.0. The van der Waals surface area contributed by atoms with Crippen molar-refractivity contribution in [1.29, 1.82) is 0 Å². The number of rotatable bonds is 6. The lowest BCUT2D eigenvalue weighted by Gasteiger charge is -2.32. The molecular weight excluding hydrogens is 351 g/mol. The minimum absolute atomic E-state index is 0.0732. The number of carbonyl (C=O) groups is 1. The van der Waals surface area contributed by atoms with Gasteiger partial charge in [0.05, 0.1) is 6.04 Å². The average Bonchev–Trinajstić information content (AvgIpc) is 2.70. The molecule has 3 nitrogen and oxygen atoms in total. The van der Waals surface area contributed by atoms with Gasteiger partial charge in [-0.15, -0.1) is 0 Å². The first-order valence-electron chi connectivity index (χ1n) is 10.3. The first-order chi connectivity index (χ1) is 13.5. The maximum atomic E-state index is 13.0. The molecule has 0 spiro atoms. The van der Waals surface area contributed by atoms with Crippen molar-refractivity contribution < 1.29 is 9.18 Å². The van der Waals surface area contributed by atoms with Crippen LogP contribution in [0.5, 0.6) is 0 Å². The summed E-state index contributed by atoms with van der Waals surface area (Å²) in [6, 6.07) is 13.2. The van der Waals surface area contributed by atoms with Crippen molar-refractivity contribution in [1.82, 2.24) is 10.2 Å². The smallest absolute Gasteiger partial charge is 0.223 e. The lowest BCUT2D eigenvalue weighted by Crippen LogP contribution is -2.41. The predicted molar refractivity (Wildman–Crippen MR) is 111 cm³/mol. The molecule has 0 saturated carbocycles. The Hall–Kier alpha value is -2.20. The number of carbonyl (C=O) groups excluding carboxylic acids is 1. The summed E-state index contributed by atoms with van der Waals surface area (Å²) < 4.78 is 13.0. The van der Waals surface area contributed by atoms with Crippen molar-refractivity contribution in [2.75, 3.05) is 13.1 Å². The number of piperidine rings is 1. The van der Waals surface area contributed by atoms with Gasteiger partial charge in [0.2, 0.25) is 5.91 Å². The normalized spacial score (nSPS) is 16.7. The molecule has 1 amide bonds. The second kappa shape index (κ2) is 9.33. The zero-order valence-electron chi connectivity index (χ0n) is 17.2. The highest BCUT2D eigenvalue weighted by molar-refractivity contribution is 5.79. The van der Waals surface area contributed by atoms with Crippen LogP contribution in [0.4, 0.5) is 4.39 Å². The summed E-state index contributed by atoms with van der Waals surface area (Å²) in [6.45, 7) is 8.95. The molecule has 1 aliphatic heterocycles. The number of hydrogen-bond acceptors (Lipinski definition) is 2. The SMILES string of the molecule is CCC(NC(=O)C1CCN(Cc2ccc(F)cc2)CC1)c1ccc(C)c(C)c1. The van der Waals surface area contributed by atoms with Crippen LogP contribution < -0.4 is 5.32 Å². The van der Waals surface area contributed by atoms with Gasteiger partial charge in [0.25, 0.3) is 0 Å². The fourth-order valence-electron chi connectivity index (χ4n) is 3.89. The third-order valence-electron chi connectivity index (χ3n) is 5.94. The quantitative estimate of drug-likeness (QED) is 0.769. The predicted octanol–water partition coefficient (Wildman–Crippen LogP) is 4.92. The van der Waals surface area contributed by atoms with Crippen molar-refractivity contribution in [3.63, 3.8) is 0 Å². The Morgan fingerprint density at radius 1 is 1.11 bits per heavy atom. The Balaban J connectivity index is 1.52.